The summed E-state index contributed by atoms with van der Waals surface area (Å²) in [7, 11) is 0. The molecule has 0 saturated carbocycles. The van der Waals surface area contributed by atoms with Crippen LogP contribution in [-0.2, 0) is 13.1 Å². The molecule has 2 amide bonds. The van der Waals surface area contributed by atoms with E-state index in [1.807, 2.05) is 79.9 Å². The van der Waals surface area contributed by atoms with Gasteiger partial charge in [-0.25, -0.2) is 4.79 Å². The monoisotopic (exact) mass is 366 g/mol. The van der Waals surface area contributed by atoms with Crippen molar-refractivity contribution in [3.8, 4) is 0 Å². The molecule has 0 unspecified atom stereocenters. The van der Waals surface area contributed by atoms with Crippen molar-refractivity contribution in [2.24, 2.45) is 0 Å². The zero-order valence-electron chi connectivity index (χ0n) is 14.9. The van der Waals surface area contributed by atoms with E-state index in [0.717, 1.165) is 27.7 Å². The summed E-state index contributed by atoms with van der Waals surface area (Å²) in [5.74, 6) is 1.61. The Balaban J connectivity index is 1.75. The normalized spacial score (nSPS) is 10.5. The summed E-state index contributed by atoms with van der Waals surface area (Å²) in [5, 5.41) is 2.98. The second kappa shape index (κ2) is 8.63. The van der Waals surface area contributed by atoms with Gasteiger partial charge in [-0.2, -0.15) is 0 Å². The number of urea groups is 1. The molecule has 0 aliphatic carbocycles. The fourth-order valence-corrected chi connectivity index (χ4v) is 3.05. The maximum atomic E-state index is 12.9. The third-order valence-corrected chi connectivity index (χ3v) is 4.73. The Labute approximate surface area is 158 Å². The van der Waals surface area contributed by atoms with Gasteiger partial charge >= 0.3 is 6.03 Å². The lowest BCUT2D eigenvalue weighted by Gasteiger charge is -2.22. The van der Waals surface area contributed by atoms with Crippen molar-refractivity contribution < 1.29 is 9.21 Å². The molecule has 3 aromatic rings. The molecular weight excluding hydrogens is 344 g/mol. The van der Waals surface area contributed by atoms with Crippen molar-refractivity contribution >= 4 is 23.5 Å². The first-order valence-electron chi connectivity index (χ1n) is 8.43. The molecule has 5 heteroatoms. The summed E-state index contributed by atoms with van der Waals surface area (Å²) in [6.07, 6.45) is 2.03. The second-order valence-corrected chi connectivity index (χ2v) is 6.89. The van der Waals surface area contributed by atoms with Crippen LogP contribution < -0.4 is 5.32 Å². The molecule has 0 fully saturated rings. The van der Waals surface area contributed by atoms with E-state index < -0.39 is 0 Å². The van der Waals surface area contributed by atoms with E-state index in [-0.39, 0.29) is 6.03 Å². The van der Waals surface area contributed by atoms with Crippen molar-refractivity contribution in [1.82, 2.24) is 4.90 Å². The van der Waals surface area contributed by atoms with Crippen LogP contribution in [0.3, 0.4) is 0 Å². The molecule has 26 heavy (non-hydrogen) atoms. The lowest BCUT2D eigenvalue weighted by Crippen LogP contribution is -2.33. The van der Waals surface area contributed by atoms with Gasteiger partial charge in [-0.15, -0.1) is 11.8 Å². The minimum Gasteiger partial charge on any atom is -0.464 e. The van der Waals surface area contributed by atoms with Gasteiger partial charge in [0.25, 0.3) is 0 Å². The molecule has 0 spiro atoms. The Hall–Kier alpha value is -2.66. The molecule has 3 rings (SSSR count). The number of nitrogens with zero attached hydrogens (tertiary/aromatic N) is 1. The number of nitrogens with one attached hydrogen (secondary N) is 1. The number of carbonyl (C=O) groups is 1. The van der Waals surface area contributed by atoms with Gasteiger partial charge in [-0.3, -0.25) is 0 Å². The summed E-state index contributed by atoms with van der Waals surface area (Å²) in [6.45, 7) is 2.82. The number of hydrogen-bond acceptors (Lipinski definition) is 3. The smallest absolute Gasteiger partial charge is 0.322 e. The standard InChI is InChI=1S/C21H22N2O2S/c1-16-8-11-19(25-16)15-23(14-17-6-4-3-5-7-17)21(24)22-18-9-12-20(26-2)13-10-18/h3-13H,14-15H2,1-2H3,(H,22,24). The average molecular weight is 366 g/mol. The van der Waals surface area contributed by atoms with Crippen LogP contribution in [0.5, 0.6) is 0 Å². The van der Waals surface area contributed by atoms with E-state index in [1.54, 1.807) is 16.7 Å². The van der Waals surface area contributed by atoms with Crippen LogP contribution >= 0.6 is 11.8 Å². The SMILES string of the molecule is CSc1ccc(NC(=O)N(Cc2ccccc2)Cc2ccc(C)o2)cc1. The lowest BCUT2D eigenvalue weighted by molar-refractivity contribution is 0.201. The molecule has 0 aliphatic rings. The molecule has 2 aromatic carbocycles. The highest BCUT2D eigenvalue weighted by Crippen LogP contribution is 2.19. The summed E-state index contributed by atoms with van der Waals surface area (Å²) >= 11 is 1.67. The first kappa shape index (κ1) is 18.1. The predicted octanol–water partition coefficient (Wildman–Crippen LogP) is 5.54. The molecule has 4 nitrogen and oxygen atoms in total. The quantitative estimate of drug-likeness (QED) is 0.582. The predicted molar refractivity (Wildman–Crippen MR) is 106 cm³/mol. The summed E-state index contributed by atoms with van der Waals surface area (Å²) < 4.78 is 5.66. The lowest BCUT2D eigenvalue weighted by atomic mass is 10.2. The molecule has 0 aliphatic heterocycles. The third kappa shape index (κ3) is 4.92. The van der Waals surface area contributed by atoms with Gasteiger partial charge in [0.2, 0.25) is 0 Å². The van der Waals surface area contributed by atoms with Crippen LogP contribution in [-0.4, -0.2) is 17.2 Å². The molecule has 0 atom stereocenters. The number of furan rings is 1. The number of amides is 2. The molecule has 1 heterocycles. The number of carbonyl (C=O) groups excluding carboxylic acids is 1. The Bertz CT molecular complexity index is 844. The number of thioether (sulfide) groups is 1. The van der Waals surface area contributed by atoms with Crippen LogP contribution in [0.25, 0.3) is 0 Å². The highest BCUT2D eigenvalue weighted by molar-refractivity contribution is 7.98. The van der Waals surface area contributed by atoms with Gasteiger partial charge in [-0.05, 0) is 55.1 Å². The second-order valence-electron chi connectivity index (χ2n) is 6.01. The minimum atomic E-state index is -0.153. The molecule has 134 valence electrons. The fraction of sp³-hybridized carbons (Fsp3) is 0.190. The van der Waals surface area contributed by atoms with E-state index in [9.17, 15) is 4.79 Å². The highest BCUT2D eigenvalue weighted by Gasteiger charge is 2.16. The van der Waals surface area contributed by atoms with Gasteiger partial charge in [0.05, 0.1) is 6.54 Å². The van der Waals surface area contributed by atoms with E-state index in [0.29, 0.717) is 13.1 Å². The third-order valence-electron chi connectivity index (χ3n) is 3.99. The average Bonchev–Trinajstić information content (AvgIpc) is 3.07. The van der Waals surface area contributed by atoms with Crippen molar-refractivity contribution in [3.05, 3.63) is 83.8 Å². The van der Waals surface area contributed by atoms with Crippen molar-refractivity contribution in [3.63, 3.8) is 0 Å². The molecule has 0 saturated heterocycles. The first-order chi connectivity index (χ1) is 12.6. The summed E-state index contributed by atoms with van der Waals surface area (Å²) in [6, 6.07) is 21.5. The van der Waals surface area contributed by atoms with Crippen molar-refractivity contribution in [2.75, 3.05) is 11.6 Å². The highest BCUT2D eigenvalue weighted by atomic mass is 32.2. The van der Waals surface area contributed by atoms with Crippen LogP contribution in [0.15, 0.2) is 76.0 Å². The fourth-order valence-electron chi connectivity index (χ4n) is 2.64. The van der Waals surface area contributed by atoms with Gasteiger partial charge in [0.15, 0.2) is 0 Å². The maximum absolute atomic E-state index is 12.9. The molecule has 1 aromatic heterocycles. The van der Waals surface area contributed by atoms with Gasteiger partial charge < -0.3 is 14.6 Å². The Morgan fingerprint density at radius 3 is 2.35 bits per heavy atom. The van der Waals surface area contributed by atoms with Crippen LogP contribution in [0.2, 0.25) is 0 Å². The summed E-state index contributed by atoms with van der Waals surface area (Å²) in [4.78, 5) is 15.8. The maximum Gasteiger partial charge on any atom is 0.322 e. The van der Waals surface area contributed by atoms with E-state index in [2.05, 4.69) is 5.32 Å². The van der Waals surface area contributed by atoms with Crippen LogP contribution in [0.1, 0.15) is 17.1 Å². The largest absolute Gasteiger partial charge is 0.464 e. The van der Waals surface area contributed by atoms with Gasteiger partial charge in [0, 0.05) is 17.1 Å². The van der Waals surface area contributed by atoms with Crippen LogP contribution in [0, 0.1) is 6.92 Å². The summed E-state index contributed by atoms with van der Waals surface area (Å²) in [5.41, 5.74) is 1.85. The number of rotatable bonds is 6. The number of hydrogen-bond donors (Lipinski definition) is 1. The van der Waals surface area contributed by atoms with Gasteiger partial charge in [0.1, 0.15) is 11.5 Å². The number of aryl methyl sites for hydroxylation is 1. The van der Waals surface area contributed by atoms with Crippen molar-refractivity contribution in [2.45, 2.75) is 24.9 Å². The van der Waals surface area contributed by atoms with E-state index in [4.69, 9.17) is 4.42 Å². The molecule has 0 radical (unpaired) electrons. The van der Waals surface area contributed by atoms with E-state index in [1.165, 1.54) is 0 Å². The van der Waals surface area contributed by atoms with Crippen LogP contribution in [0.4, 0.5) is 10.5 Å². The van der Waals surface area contributed by atoms with E-state index >= 15 is 0 Å². The number of anilines is 1. The van der Waals surface area contributed by atoms with Crippen molar-refractivity contribution in [1.29, 1.82) is 0 Å². The number of benzene rings is 2. The zero-order valence-corrected chi connectivity index (χ0v) is 15.8. The minimum absolute atomic E-state index is 0.153. The van der Waals surface area contributed by atoms with Gasteiger partial charge in [-0.1, -0.05) is 30.3 Å². The Morgan fingerprint density at radius 2 is 1.73 bits per heavy atom. The molecule has 0 bridgehead atoms. The first-order valence-corrected chi connectivity index (χ1v) is 9.66. The Morgan fingerprint density at radius 1 is 1.00 bits per heavy atom. The molecule has 1 N–H and O–H groups in total. The molecular formula is C21H22N2O2S. The Kier molecular flexibility index (Phi) is 6.02. The zero-order chi connectivity index (χ0) is 18.4. The topological polar surface area (TPSA) is 45.5 Å².